The van der Waals surface area contributed by atoms with Gasteiger partial charge in [-0.1, -0.05) is 24.3 Å². The lowest BCUT2D eigenvalue weighted by atomic mass is 10.0. The maximum Gasteiger partial charge on any atom is 0.00756 e. The molecule has 0 spiro atoms. The molecule has 2 N–H and O–H groups in total. The van der Waals surface area contributed by atoms with Crippen molar-refractivity contribution in [3.8, 4) is 0 Å². The SMILES string of the molecule is CSc1ccc2cccc(CCN)c2c1.Cl. The number of fused-ring (bicyclic) bond motifs is 1. The highest BCUT2D eigenvalue weighted by atomic mass is 35.5. The molecule has 0 bridgehead atoms. The van der Waals surface area contributed by atoms with Crippen LogP contribution in [-0.4, -0.2) is 12.8 Å². The van der Waals surface area contributed by atoms with Crippen LogP contribution < -0.4 is 5.73 Å². The van der Waals surface area contributed by atoms with Gasteiger partial charge in [-0.2, -0.15) is 0 Å². The fraction of sp³-hybridized carbons (Fsp3) is 0.231. The second-order valence-corrected chi connectivity index (χ2v) is 4.42. The predicted molar refractivity (Wildman–Crippen MR) is 75.7 cm³/mol. The van der Waals surface area contributed by atoms with Crippen LogP contribution in [0, 0.1) is 0 Å². The zero-order valence-corrected chi connectivity index (χ0v) is 10.9. The Hall–Kier alpha value is -0.700. The fourth-order valence-electron chi connectivity index (χ4n) is 1.82. The lowest BCUT2D eigenvalue weighted by Gasteiger charge is -2.06. The third-order valence-corrected chi connectivity index (χ3v) is 3.32. The number of nitrogens with two attached hydrogens (primary N) is 1. The van der Waals surface area contributed by atoms with E-state index in [1.165, 1.54) is 21.2 Å². The minimum atomic E-state index is 0. The molecule has 0 atom stereocenters. The Kier molecular flexibility index (Phi) is 5.13. The van der Waals surface area contributed by atoms with Gasteiger partial charge >= 0.3 is 0 Å². The van der Waals surface area contributed by atoms with Gasteiger partial charge in [-0.3, -0.25) is 0 Å². The topological polar surface area (TPSA) is 26.0 Å². The monoisotopic (exact) mass is 253 g/mol. The van der Waals surface area contributed by atoms with Gasteiger partial charge in [0.15, 0.2) is 0 Å². The maximum atomic E-state index is 5.62. The third-order valence-electron chi connectivity index (χ3n) is 2.59. The molecular formula is C13H16ClNS. The van der Waals surface area contributed by atoms with Gasteiger partial charge in [0.1, 0.15) is 0 Å². The first-order valence-corrected chi connectivity index (χ1v) is 6.33. The van der Waals surface area contributed by atoms with E-state index in [0.29, 0.717) is 6.54 Å². The summed E-state index contributed by atoms with van der Waals surface area (Å²) in [7, 11) is 0. The van der Waals surface area contributed by atoms with E-state index in [2.05, 4.69) is 42.7 Å². The van der Waals surface area contributed by atoms with Crippen LogP contribution in [0.1, 0.15) is 5.56 Å². The molecule has 1 nitrogen and oxygen atoms in total. The van der Waals surface area contributed by atoms with Crippen molar-refractivity contribution in [1.82, 2.24) is 0 Å². The molecule has 2 rings (SSSR count). The van der Waals surface area contributed by atoms with E-state index in [4.69, 9.17) is 5.73 Å². The number of rotatable bonds is 3. The predicted octanol–water partition coefficient (Wildman–Crippen LogP) is 3.48. The summed E-state index contributed by atoms with van der Waals surface area (Å²) in [5, 5.41) is 2.65. The Balaban J connectivity index is 0.00000128. The van der Waals surface area contributed by atoms with E-state index < -0.39 is 0 Å². The van der Waals surface area contributed by atoms with Crippen molar-refractivity contribution in [2.75, 3.05) is 12.8 Å². The Morgan fingerprint density at radius 3 is 2.69 bits per heavy atom. The first-order valence-electron chi connectivity index (χ1n) is 5.11. The summed E-state index contributed by atoms with van der Waals surface area (Å²) in [4.78, 5) is 1.31. The van der Waals surface area contributed by atoms with Gasteiger partial charge in [-0.25, -0.2) is 0 Å². The molecule has 0 aliphatic carbocycles. The van der Waals surface area contributed by atoms with Crippen molar-refractivity contribution in [2.45, 2.75) is 11.3 Å². The van der Waals surface area contributed by atoms with E-state index in [0.717, 1.165) is 6.42 Å². The van der Waals surface area contributed by atoms with E-state index in [9.17, 15) is 0 Å². The fourth-order valence-corrected chi connectivity index (χ4v) is 2.26. The lowest BCUT2D eigenvalue weighted by molar-refractivity contribution is 0.977. The highest BCUT2D eigenvalue weighted by Crippen LogP contribution is 2.24. The van der Waals surface area contributed by atoms with E-state index in [-0.39, 0.29) is 12.4 Å². The molecule has 0 amide bonds. The Morgan fingerprint density at radius 1 is 1.19 bits per heavy atom. The molecule has 0 heterocycles. The van der Waals surface area contributed by atoms with Crippen molar-refractivity contribution in [2.24, 2.45) is 5.73 Å². The van der Waals surface area contributed by atoms with Gasteiger partial charge in [0.2, 0.25) is 0 Å². The Bertz CT molecular complexity index is 470. The van der Waals surface area contributed by atoms with Crippen LogP contribution in [0.3, 0.4) is 0 Å². The summed E-state index contributed by atoms with van der Waals surface area (Å²) in [5.41, 5.74) is 6.97. The maximum absolute atomic E-state index is 5.62. The van der Waals surface area contributed by atoms with Crippen molar-refractivity contribution >= 4 is 34.9 Å². The van der Waals surface area contributed by atoms with Crippen LogP contribution >= 0.6 is 24.2 Å². The molecule has 0 radical (unpaired) electrons. The van der Waals surface area contributed by atoms with Gasteiger partial charge in [-0.15, -0.1) is 24.2 Å². The van der Waals surface area contributed by atoms with E-state index >= 15 is 0 Å². The third kappa shape index (κ3) is 2.70. The number of hydrogen-bond donors (Lipinski definition) is 1. The number of benzene rings is 2. The van der Waals surface area contributed by atoms with Crippen LogP contribution in [0.25, 0.3) is 10.8 Å². The van der Waals surface area contributed by atoms with Gasteiger partial charge < -0.3 is 5.73 Å². The molecule has 0 saturated carbocycles. The summed E-state index contributed by atoms with van der Waals surface area (Å²) < 4.78 is 0. The summed E-state index contributed by atoms with van der Waals surface area (Å²) in [6.45, 7) is 0.711. The quantitative estimate of drug-likeness (QED) is 0.848. The normalized spacial score (nSPS) is 10.1. The van der Waals surface area contributed by atoms with Gasteiger partial charge in [0.05, 0.1) is 0 Å². The van der Waals surface area contributed by atoms with Crippen LogP contribution in [-0.2, 0) is 6.42 Å². The number of hydrogen-bond acceptors (Lipinski definition) is 2. The summed E-state index contributed by atoms with van der Waals surface area (Å²) in [6, 6.07) is 13.0. The van der Waals surface area contributed by atoms with E-state index in [1.807, 2.05) is 0 Å². The molecule has 0 saturated heterocycles. The first kappa shape index (κ1) is 13.4. The van der Waals surface area contributed by atoms with Crippen LogP contribution in [0.4, 0.5) is 0 Å². The smallest absolute Gasteiger partial charge is 0.00756 e. The summed E-state index contributed by atoms with van der Waals surface area (Å²) in [5.74, 6) is 0. The zero-order chi connectivity index (χ0) is 10.7. The molecule has 0 fully saturated rings. The molecule has 86 valence electrons. The van der Waals surface area contributed by atoms with E-state index in [1.54, 1.807) is 11.8 Å². The molecule has 0 aliphatic rings. The molecule has 2 aromatic carbocycles. The van der Waals surface area contributed by atoms with Crippen molar-refractivity contribution < 1.29 is 0 Å². The largest absolute Gasteiger partial charge is 0.330 e. The second kappa shape index (κ2) is 6.14. The molecule has 0 aromatic heterocycles. The first-order chi connectivity index (χ1) is 7.35. The number of halogens is 1. The molecule has 0 unspecified atom stereocenters. The zero-order valence-electron chi connectivity index (χ0n) is 9.27. The molecule has 0 aliphatic heterocycles. The van der Waals surface area contributed by atoms with Crippen LogP contribution in [0.5, 0.6) is 0 Å². The summed E-state index contributed by atoms with van der Waals surface area (Å²) in [6.07, 6.45) is 3.06. The highest BCUT2D eigenvalue weighted by Gasteiger charge is 2.00. The average molecular weight is 254 g/mol. The number of thioether (sulfide) groups is 1. The van der Waals surface area contributed by atoms with Gasteiger partial charge in [0, 0.05) is 4.90 Å². The lowest BCUT2D eigenvalue weighted by Crippen LogP contribution is -2.02. The minimum absolute atomic E-state index is 0. The van der Waals surface area contributed by atoms with Crippen LogP contribution in [0.15, 0.2) is 41.3 Å². The Labute approximate surface area is 107 Å². The standard InChI is InChI=1S/C13H15NS.ClH/c1-15-12-6-5-10-3-2-4-11(7-8-14)13(10)9-12;/h2-6,9H,7-8,14H2,1H3;1H. The Morgan fingerprint density at radius 2 is 2.00 bits per heavy atom. The van der Waals surface area contributed by atoms with Gasteiger partial charge in [-0.05, 0) is 47.7 Å². The molecule has 2 aromatic rings. The minimum Gasteiger partial charge on any atom is -0.330 e. The highest BCUT2D eigenvalue weighted by molar-refractivity contribution is 7.98. The van der Waals surface area contributed by atoms with Crippen molar-refractivity contribution in [3.05, 3.63) is 42.0 Å². The molecular weight excluding hydrogens is 238 g/mol. The average Bonchev–Trinajstić information content (AvgIpc) is 2.29. The van der Waals surface area contributed by atoms with Crippen molar-refractivity contribution in [3.63, 3.8) is 0 Å². The van der Waals surface area contributed by atoms with Crippen LogP contribution in [0.2, 0.25) is 0 Å². The summed E-state index contributed by atoms with van der Waals surface area (Å²) >= 11 is 1.78. The van der Waals surface area contributed by atoms with Gasteiger partial charge in [0.25, 0.3) is 0 Å². The van der Waals surface area contributed by atoms with Crippen molar-refractivity contribution in [1.29, 1.82) is 0 Å². The molecule has 3 heteroatoms. The molecule has 16 heavy (non-hydrogen) atoms. The second-order valence-electron chi connectivity index (χ2n) is 3.54.